The predicted molar refractivity (Wildman–Crippen MR) is 99.9 cm³/mol. The molecule has 0 bridgehead atoms. The smallest absolute Gasteiger partial charge is 0.308 e. The van der Waals surface area contributed by atoms with Gasteiger partial charge in [-0.3, -0.25) is 4.79 Å². The van der Waals surface area contributed by atoms with E-state index >= 15 is 0 Å². The van der Waals surface area contributed by atoms with Crippen molar-refractivity contribution in [3.63, 3.8) is 0 Å². The van der Waals surface area contributed by atoms with Gasteiger partial charge in [0.15, 0.2) is 0 Å². The number of hydrogen-bond donors (Lipinski definition) is 0. The summed E-state index contributed by atoms with van der Waals surface area (Å²) in [5.41, 5.74) is 0.965. The molecule has 0 saturated carbocycles. The summed E-state index contributed by atoms with van der Waals surface area (Å²) in [6.07, 6.45) is -0.0552. The van der Waals surface area contributed by atoms with Gasteiger partial charge in [0.05, 0.1) is 19.1 Å². The summed E-state index contributed by atoms with van der Waals surface area (Å²) in [5, 5.41) is 0.156. The Hall–Kier alpha value is -1.33. The number of esters is 1. The van der Waals surface area contributed by atoms with Crippen molar-refractivity contribution in [2.45, 2.75) is 65.3 Å². The molecule has 0 unspecified atom stereocenters. The molecule has 0 heterocycles. The van der Waals surface area contributed by atoms with Gasteiger partial charge in [-0.1, -0.05) is 32.9 Å². The van der Waals surface area contributed by atoms with Crippen molar-refractivity contribution in [1.82, 2.24) is 0 Å². The van der Waals surface area contributed by atoms with Gasteiger partial charge in [-0.05, 0) is 49.7 Å². The van der Waals surface area contributed by atoms with Crippen molar-refractivity contribution >= 4 is 14.3 Å². The molecular formula is C19H32O4Si. The fourth-order valence-electron chi connectivity index (χ4n) is 2.04. The Kier molecular flexibility index (Phi) is 7.48. The molecule has 0 aliphatic carbocycles. The third-order valence-electron chi connectivity index (χ3n) is 4.46. The van der Waals surface area contributed by atoms with E-state index in [-0.39, 0.29) is 23.5 Å². The quantitative estimate of drug-likeness (QED) is 0.482. The lowest BCUT2D eigenvalue weighted by atomic mass is 10.1. The maximum atomic E-state index is 11.7. The van der Waals surface area contributed by atoms with Gasteiger partial charge < -0.3 is 13.9 Å². The summed E-state index contributed by atoms with van der Waals surface area (Å²) >= 11 is 0. The Labute approximate surface area is 147 Å². The third kappa shape index (κ3) is 5.95. The van der Waals surface area contributed by atoms with Crippen molar-refractivity contribution in [3.05, 3.63) is 29.8 Å². The molecular weight excluding hydrogens is 320 g/mol. The molecule has 0 spiro atoms. The van der Waals surface area contributed by atoms with Crippen LogP contribution < -0.4 is 4.43 Å². The van der Waals surface area contributed by atoms with Gasteiger partial charge in [0.1, 0.15) is 5.75 Å². The van der Waals surface area contributed by atoms with E-state index in [0.717, 1.165) is 11.3 Å². The second-order valence-electron chi connectivity index (χ2n) is 7.38. The van der Waals surface area contributed by atoms with Crippen molar-refractivity contribution in [2.24, 2.45) is 0 Å². The monoisotopic (exact) mass is 352 g/mol. The largest absolute Gasteiger partial charge is 0.544 e. The molecule has 5 heteroatoms. The predicted octanol–water partition coefficient (Wildman–Crippen LogP) is 5.10. The minimum absolute atomic E-state index is 0.156. The van der Waals surface area contributed by atoms with Crippen molar-refractivity contribution in [2.75, 3.05) is 13.2 Å². The second kappa shape index (κ2) is 8.67. The molecule has 0 amide bonds. The highest BCUT2D eigenvalue weighted by Gasteiger charge is 2.38. The van der Waals surface area contributed by atoms with Crippen molar-refractivity contribution in [1.29, 1.82) is 0 Å². The van der Waals surface area contributed by atoms with E-state index in [9.17, 15) is 4.79 Å². The summed E-state index contributed by atoms with van der Waals surface area (Å²) in [6.45, 7) is 15.8. The molecule has 136 valence electrons. The van der Waals surface area contributed by atoms with Crippen LogP contribution in [0.2, 0.25) is 18.1 Å². The molecule has 24 heavy (non-hydrogen) atoms. The first-order chi connectivity index (χ1) is 11.1. The van der Waals surface area contributed by atoms with E-state index in [4.69, 9.17) is 13.9 Å². The highest BCUT2D eigenvalue weighted by Crippen LogP contribution is 2.37. The third-order valence-corrected chi connectivity index (χ3v) is 8.81. The zero-order valence-electron chi connectivity index (χ0n) is 16.1. The fraction of sp³-hybridized carbons (Fsp3) is 0.632. The first-order valence-electron chi connectivity index (χ1n) is 8.67. The molecule has 0 aliphatic rings. The zero-order chi connectivity index (χ0) is 18.4. The number of benzene rings is 1. The van der Waals surface area contributed by atoms with E-state index in [1.807, 2.05) is 31.2 Å². The SMILES string of the molecule is CCOC(=O)C[C@H](OCC)c1ccc(O[Si](C)(C)C(C)(C)C)cc1. The first-order valence-corrected chi connectivity index (χ1v) is 11.6. The highest BCUT2D eigenvalue weighted by molar-refractivity contribution is 6.74. The summed E-state index contributed by atoms with van der Waals surface area (Å²) < 4.78 is 17.0. The minimum atomic E-state index is -1.85. The van der Waals surface area contributed by atoms with Crippen LogP contribution in [-0.2, 0) is 14.3 Å². The molecule has 0 aromatic heterocycles. The first kappa shape index (κ1) is 20.7. The van der Waals surface area contributed by atoms with Crippen LogP contribution in [0.25, 0.3) is 0 Å². The highest BCUT2D eigenvalue weighted by atomic mass is 28.4. The van der Waals surface area contributed by atoms with E-state index in [0.29, 0.717) is 13.2 Å². The number of carbonyl (C=O) groups is 1. The van der Waals surface area contributed by atoms with Crippen LogP contribution in [0, 0.1) is 0 Å². The fourth-order valence-corrected chi connectivity index (χ4v) is 3.08. The Balaban J connectivity index is 2.85. The van der Waals surface area contributed by atoms with Crippen LogP contribution >= 0.6 is 0 Å². The minimum Gasteiger partial charge on any atom is -0.544 e. The van der Waals surface area contributed by atoms with Crippen LogP contribution in [0.4, 0.5) is 0 Å². The average molecular weight is 353 g/mol. The molecule has 1 aromatic carbocycles. The lowest BCUT2D eigenvalue weighted by Crippen LogP contribution is -2.43. The molecule has 1 atom stereocenters. The van der Waals surface area contributed by atoms with Gasteiger partial charge in [0.25, 0.3) is 0 Å². The maximum absolute atomic E-state index is 11.7. The van der Waals surface area contributed by atoms with Gasteiger partial charge in [-0.15, -0.1) is 0 Å². The molecule has 0 N–H and O–H groups in total. The molecule has 0 saturated heterocycles. The standard InChI is InChI=1S/C19H32O4Si/c1-8-21-17(14-18(20)22-9-2)15-10-12-16(13-11-15)23-24(6,7)19(3,4)5/h10-13,17H,8-9,14H2,1-7H3/t17-/m0/s1. The summed E-state index contributed by atoms with van der Waals surface area (Å²) in [6, 6.07) is 7.88. The Bertz CT molecular complexity index is 517. The van der Waals surface area contributed by atoms with Crippen LogP contribution in [0.3, 0.4) is 0 Å². The summed E-state index contributed by atoms with van der Waals surface area (Å²) in [7, 11) is -1.85. The van der Waals surface area contributed by atoms with Gasteiger partial charge in [-0.2, -0.15) is 0 Å². The topological polar surface area (TPSA) is 44.8 Å². The van der Waals surface area contributed by atoms with E-state index in [1.54, 1.807) is 6.92 Å². The van der Waals surface area contributed by atoms with Crippen LogP contribution in [-0.4, -0.2) is 27.5 Å². The van der Waals surface area contributed by atoms with E-state index in [2.05, 4.69) is 33.9 Å². The van der Waals surface area contributed by atoms with Gasteiger partial charge in [0.2, 0.25) is 8.32 Å². The van der Waals surface area contributed by atoms with Crippen LogP contribution in [0.5, 0.6) is 5.75 Å². The lowest BCUT2D eigenvalue weighted by molar-refractivity contribution is -0.146. The number of ether oxygens (including phenoxy) is 2. The molecule has 1 aromatic rings. The van der Waals surface area contributed by atoms with Crippen molar-refractivity contribution in [3.8, 4) is 5.75 Å². The maximum Gasteiger partial charge on any atom is 0.308 e. The molecule has 0 fully saturated rings. The molecule has 4 nitrogen and oxygen atoms in total. The van der Waals surface area contributed by atoms with E-state index < -0.39 is 8.32 Å². The average Bonchev–Trinajstić information content (AvgIpc) is 2.46. The Morgan fingerprint density at radius 3 is 2.12 bits per heavy atom. The number of carbonyl (C=O) groups excluding carboxylic acids is 1. The summed E-state index contributed by atoms with van der Waals surface area (Å²) in [4.78, 5) is 11.7. The van der Waals surface area contributed by atoms with Gasteiger partial charge >= 0.3 is 5.97 Å². The zero-order valence-corrected chi connectivity index (χ0v) is 17.1. The van der Waals surface area contributed by atoms with Gasteiger partial charge in [-0.25, -0.2) is 0 Å². The van der Waals surface area contributed by atoms with E-state index in [1.165, 1.54) is 0 Å². The molecule has 0 aliphatic heterocycles. The summed E-state index contributed by atoms with van der Waals surface area (Å²) in [5.74, 6) is 0.634. The normalized spacial score (nSPS) is 13.5. The van der Waals surface area contributed by atoms with Crippen molar-refractivity contribution < 1.29 is 18.7 Å². The van der Waals surface area contributed by atoms with Crippen LogP contribution in [0.1, 0.15) is 52.7 Å². The van der Waals surface area contributed by atoms with Crippen LogP contribution in [0.15, 0.2) is 24.3 Å². The number of hydrogen-bond acceptors (Lipinski definition) is 4. The Morgan fingerprint density at radius 1 is 1.08 bits per heavy atom. The molecule has 0 radical (unpaired) electrons. The van der Waals surface area contributed by atoms with Gasteiger partial charge in [0, 0.05) is 6.61 Å². The second-order valence-corrected chi connectivity index (χ2v) is 12.1. The lowest BCUT2D eigenvalue weighted by Gasteiger charge is -2.36. The molecule has 1 rings (SSSR count). The number of rotatable bonds is 8. The Morgan fingerprint density at radius 2 is 1.67 bits per heavy atom.